The maximum Gasteiger partial charge on any atom is 0.405 e. The molecule has 62 valence electrons. The van der Waals surface area contributed by atoms with E-state index in [4.69, 9.17) is 15.9 Å². The molecule has 0 spiro atoms. The molecule has 5 N–H and O–H groups in total. The third-order valence-electron chi connectivity index (χ3n) is 0.833. The van der Waals surface area contributed by atoms with Gasteiger partial charge in [0.2, 0.25) is 0 Å². The van der Waals surface area contributed by atoms with E-state index in [1.54, 1.807) is 0 Å². The molecule has 0 saturated carbocycles. The van der Waals surface area contributed by atoms with Gasteiger partial charge in [-0.25, -0.2) is 4.79 Å². The number of nitrogens with two attached hydrogens (primary N) is 1. The summed E-state index contributed by atoms with van der Waals surface area (Å²) in [5, 5.41) is 18.5. The average Bonchev–Trinajstić information content (AvgIpc) is 1.82. The van der Waals surface area contributed by atoms with E-state index in [0.29, 0.717) is 0 Å². The normalized spacial score (nSPS) is 11.4. The lowest BCUT2D eigenvalue weighted by Gasteiger charge is -2.09. The summed E-state index contributed by atoms with van der Waals surface area (Å²) >= 11 is 0. The lowest BCUT2D eigenvalue weighted by molar-refractivity contribution is 0.178. The van der Waals surface area contributed by atoms with Gasteiger partial charge in [0.15, 0.2) is 0 Å². The van der Waals surface area contributed by atoms with E-state index in [1.807, 2.05) is 5.32 Å². The fourth-order valence-electron chi connectivity index (χ4n) is 0.354. The van der Waals surface area contributed by atoms with Gasteiger partial charge in [0.05, 0.1) is 12.6 Å². The molecular formula is C4H11ClN2O3. The van der Waals surface area contributed by atoms with E-state index in [2.05, 4.69) is 0 Å². The van der Waals surface area contributed by atoms with Crippen LogP contribution >= 0.6 is 12.4 Å². The summed E-state index contributed by atoms with van der Waals surface area (Å²) in [5.41, 5.74) is 5.05. The summed E-state index contributed by atoms with van der Waals surface area (Å²) in [4.78, 5) is 9.85. The first-order valence-corrected chi connectivity index (χ1v) is 2.51. The molecule has 1 amide bonds. The first kappa shape index (κ1) is 12.2. The lowest BCUT2D eigenvalue weighted by Crippen LogP contribution is -2.41. The van der Waals surface area contributed by atoms with Crippen LogP contribution in [0.2, 0.25) is 0 Å². The van der Waals surface area contributed by atoms with Crippen molar-refractivity contribution in [3.8, 4) is 0 Å². The highest BCUT2D eigenvalue weighted by molar-refractivity contribution is 5.85. The zero-order valence-electron chi connectivity index (χ0n) is 5.28. The van der Waals surface area contributed by atoms with Gasteiger partial charge in [-0.2, -0.15) is 0 Å². The fourth-order valence-corrected chi connectivity index (χ4v) is 0.354. The Bertz CT molecular complexity index is 96.5. The van der Waals surface area contributed by atoms with Gasteiger partial charge < -0.3 is 21.3 Å². The first-order valence-electron chi connectivity index (χ1n) is 2.51. The Labute approximate surface area is 64.6 Å². The maximum atomic E-state index is 9.85. The number of halogens is 1. The third-order valence-corrected chi connectivity index (χ3v) is 0.833. The fraction of sp³-hybridized carbons (Fsp3) is 0.750. The van der Waals surface area contributed by atoms with Crippen LogP contribution in [0, 0.1) is 0 Å². The Balaban J connectivity index is 0. The Morgan fingerprint density at radius 3 is 2.30 bits per heavy atom. The molecule has 1 unspecified atom stereocenters. The topological polar surface area (TPSA) is 95.6 Å². The Morgan fingerprint density at radius 2 is 2.20 bits per heavy atom. The van der Waals surface area contributed by atoms with Crippen LogP contribution in [0.4, 0.5) is 4.79 Å². The Kier molecular flexibility index (Phi) is 8.04. The number of hydrogen-bond acceptors (Lipinski definition) is 3. The minimum absolute atomic E-state index is 0. The predicted octanol–water partition coefficient (Wildman–Crippen LogP) is -1.00. The molecule has 0 rings (SSSR count). The molecule has 0 aliphatic carbocycles. The molecule has 10 heavy (non-hydrogen) atoms. The Morgan fingerprint density at radius 1 is 1.70 bits per heavy atom. The SMILES string of the molecule is Cl.NCC(CO)NC(=O)O. The smallest absolute Gasteiger partial charge is 0.405 e. The molecular weight excluding hydrogens is 160 g/mol. The molecule has 0 bridgehead atoms. The van der Waals surface area contributed by atoms with Gasteiger partial charge in [0.1, 0.15) is 0 Å². The number of nitrogens with one attached hydrogen (secondary N) is 1. The second kappa shape index (κ2) is 6.60. The van der Waals surface area contributed by atoms with E-state index < -0.39 is 12.1 Å². The van der Waals surface area contributed by atoms with Gasteiger partial charge in [0, 0.05) is 6.54 Å². The van der Waals surface area contributed by atoms with Gasteiger partial charge in [-0.1, -0.05) is 0 Å². The number of aliphatic hydroxyl groups excluding tert-OH is 1. The zero-order valence-corrected chi connectivity index (χ0v) is 6.10. The van der Waals surface area contributed by atoms with E-state index in [1.165, 1.54) is 0 Å². The molecule has 0 fully saturated rings. The van der Waals surface area contributed by atoms with Crippen molar-refractivity contribution in [2.75, 3.05) is 13.2 Å². The molecule has 6 heteroatoms. The second-order valence-corrected chi connectivity index (χ2v) is 1.56. The van der Waals surface area contributed by atoms with Crippen LogP contribution in [0.25, 0.3) is 0 Å². The van der Waals surface area contributed by atoms with Gasteiger partial charge >= 0.3 is 6.09 Å². The van der Waals surface area contributed by atoms with Gasteiger partial charge in [0.25, 0.3) is 0 Å². The van der Waals surface area contributed by atoms with Gasteiger partial charge in [-0.15, -0.1) is 12.4 Å². The van der Waals surface area contributed by atoms with E-state index in [0.717, 1.165) is 0 Å². The van der Waals surface area contributed by atoms with Crippen molar-refractivity contribution >= 4 is 18.5 Å². The van der Waals surface area contributed by atoms with E-state index >= 15 is 0 Å². The summed E-state index contributed by atoms with van der Waals surface area (Å²) in [6, 6.07) is -0.539. The van der Waals surface area contributed by atoms with Crippen LogP contribution in [0.5, 0.6) is 0 Å². The molecule has 1 atom stereocenters. The molecule has 0 radical (unpaired) electrons. The van der Waals surface area contributed by atoms with Crippen LogP contribution in [-0.4, -0.2) is 35.5 Å². The molecule has 0 heterocycles. The largest absolute Gasteiger partial charge is 0.465 e. The predicted molar refractivity (Wildman–Crippen MR) is 38.3 cm³/mol. The number of rotatable bonds is 3. The summed E-state index contributed by atoms with van der Waals surface area (Å²) in [7, 11) is 0. The zero-order chi connectivity index (χ0) is 7.28. The quantitative estimate of drug-likeness (QED) is 0.437. The minimum atomic E-state index is -1.17. The monoisotopic (exact) mass is 170 g/mol. The Hall–Kier alpha value is -0.520. The lowest BCUT2D eigenvalue weighted by atomic mass is 10.3. The van der Waals surface area contributed by atoms with Crippen molar-refractivity contribution in [1.29, 1.82) is 0 Å². The van der Waals surface area contributed by atoms with Crippen LogP contribution in [0.3, 0.4) is 0 Å². The van der Waals surface area contributed by atoms with Gasteiger partial charge in [-0.3, -0.25) is 0 Å². The number of hydrogen-bond donors (Lipinski definition) is 4. The van der Waals surface area contributed by atoms with Crippen molar-refractivity contribution < 1.29 is 15.0 Å². The first-order chi connectivity index (χ1) is 4.20. The number of carbonyl (C=O) groups is 1. The highest BCUT2D eigenvalue weighted by Crippen LogP contribution is 1.75. The van der Waals surface area contributed by atoms with Crippen molar-refractivity contribution in [3.05, 3.63) is 0 Å². The van der Waals surface area contributed by atoms with Gasteiger partial charge in [-0.05, 0) is 0 Å². The van der Waals surface area contributed by atoms with Crippen LogP contribution in [0.1, 0.15) is 0 Å². The van der Waals surface area contributed by atoms with Crippen LogP contribution in [-0.2, 0) is 0 Å². The summed E-state index contributed by atoms with van der Waals surface area (Å²) in [6.45, 7) is -0.147. The number of aliphatic hydroxyl groups is 1. The molecule has 0 aromatic rings. The van der Waals surface area contributed by atoms with Crippen molar-refractivity contribution in [2.45, 2.75) is 6.04 Å². The molecule has 5 nitrogen and oxygen atoms in total. The van der Waals surface area contributed by atoms with Crippen molar-refractivity contribution in [1.82, 2.24) is 5.32 Å². The van der Waals surface area contributed by atoms with Crippen molar-refractivity contribution in [2.24, 2.45) is 5.73 Å². The number of amides is 1. The van der Waals surface area contributed by atoms with E-state index in [9.17, 15) is 4.79 Å². The molecule has 0 aliphatic rings. The highest BCUT2D eigenvalue weighted by atomic mass is 35.5. The molecule has 0 aliphatic heterocycles. The van der Waals surface area contributed by atoms with Crippen molar-refractivity contribution in [3.63, 3.8) is 0 Å². The average molecular weight is 171 g/mol. The van der Waals surface area contributed by atoms with Crippen LogP contribution < -0.4 is 11.1 Å². The molecule has 0 aromatic heterocycles. The molecule has 0 saturated heterocycles. The minimum Gasteiger partial charge on any atom is -0.465 e. The third kappa shape index (κ3) is 5.61. The summed E-state index contributed by atoms with van der Waals surface area (Å²) < 4.78 is 0. The maximum absolute atomic E-state index is 9.85. The highest BCUT2D eigenvalue weighted by Gasteiger charge is 2.05. The van der Waals surface area contributed by atoms with E-state index in [-0.39, 0.29) is 25.6 Å². The standard InChI is InChI=1S/C4H10N2O3.ClH/c5-1-3(2-7)6-4(8)9;/h3,6-7H,1-2,5H2,(H,8,9);1H. The summed E-state index contributed by atoms with van der Waals surface area (Å²) in [6.07, 6.45) is -1.17. The number of carboxylic acid groups (broad SMARTS) is 1. The summed E-state index contributed by atoms with van der Waals surface area (Å²) in [5.74, 6) is 0. The molecule has 0 aromatic carbocycles. The second-order valence-electron chi connectivity index (χ2n) is 1.56. The van der Waals surface area contributed by atoms with Crippen LogP contribution in [0.15, 0.2) is 0 Å².